The van der Waals surface area contributed by atoms with Gasteiger partial charge in [0.25, 0.3) is 5.91 Å². The topological polar surface area (TPSA) is 88.8 Å². The van der Waals surface area contributed by atoms with Crippen LogP contribution < -0.4 is 5.32 Å². The Balaban J connectivity index is 1.82. The molecule has 1 heterocycles. The molecule has 8 heteroatoms. The number of benzene rings is 2. The average molecular weight is 434 g/mol. The molecule has 6 nitrogen and oxygen atoms in total. The van der Waals surface area contributed by atoms with Gasteiger partial charge in [0.1, 0.15) is 11.4 Å². The Morgan fingerprint density at radius 2 is 2.00 bits per heavy atom. The molecule has 3 rings (SSSR count). The van der Waals surface area contributed by atoms with Gasteiger partial charge < -0.3 is 19.6 Å². The first kappa shape index (κ1) is 21.8. The standard InChI is InChI=1S/C22H21ClFNO5/c1-12(2)30-19(22(27)28)9-13-7-14-5-6-29-20(14)15(8-13)11-25-21(26)17-4-3-16(23)10-18(17)24/h3-8,10,12,19H,9,11H2,1-2H3,(H,25,26)(H,27,28). The molecule has 0 fully saturated rings. The quantitative estimate of drug-likeness (QED) is 0.543. The van der Waals surface area contributed by atoms with Gasteiger partial charge in [0.2, 0.25) is 0 Å². The fourth-order valence-electron chi connectivity index (χ4n) is 3.15. The molecule has 2 N–H and O–H groups in total. The van der Waals surface area contributed by atoms with Crippen molar-refractivity contribution in [2.75, 3.05) is 0 Å². The Bertz CT molecular complexity index is 1080. The predicted octanol–water partition coefficient (Wildman–Crippen LogP) is 4.58. The fourth-order valence-corrected chi connectivity index (χ4v) is 3.31. The van der Waals surface area contributed by atoms with Crippen molar-refractivity contribution in [2.45, 2.75) is 39.0 Å². The van der Waals surface area contributed by atoms with Crippen molar-refractivity contribution in [3.63, 3.8) is 0 Å². The van der Waals surface area contributed by atoms with Crippen molar-refractivity contribution in [2.24, 2.45) is 0 Å². The summed E-state index contributed by atoms with van der Waals surface area (Å²) in [4.78, 5) is 23.9. The molecule has 0 saturated heterocycles. The van der Waals surface area contributed by atoms with Crippen molar-refractivity contribution in [3.05, 3.63) is 70.2 Å². The molecule has 3 aromatic rings. The van der Waals surface area contributed by atoms with Gasteiger partial charge in [-0.2, -0.15) is 0 Å². The number of halogens is 2. The van der Waals surface area contributed by atoms with Crippen LogP contribution in [0, 0.1) is 5.82 Å². The van der Waals surface area contributed by atoms with Gasteiger partial charge in [-0.25, -0.2) is 9.18 Å². The Morgan fingerprint density at radius 1 is 1.23 bits per heavy atom. The van der Waals surface area contributed by atoms with Crippen LogP contribution in [-0.2, 0) is 22.5 Å². The van der Waals surface area contributed by atoms with Gasteiger partial charge in [-0.1, -0.05) is 17.7 Å². The average Bonchev–Trinajstić information content (AvgIpc) is 3.13. The van der Waals surface area contributed by atoms with E-state index in [4.69, 9.17) is 20.8 Å². The zero-order valence-electron chi connectivity index (χ0n) is 16.4. The van der Waals surface area contributed by atoms with E-state index >= 15 is 0 Å². The number of carbonyl (C=O) groups excluding carboxylic acids is 1. The molecule has 30 heavy (non-hydrogen) atoms. The summed E-state index contributed by atoms with van der Waals surface area (Å²) < 4.78 is 25.0. The van der Waals surface area contributed by atoms with Crippen LogP contribution in [0.5, 0.6) is 0 Å². The van der Waals surface area contributed by atoms with E-state index < -0.39 is 23.8 Å². The Kier molecular flexibility index (Phi) is 6.74. The number of nitrogens with one attached hydrogen (secondary N) is 1. The summed E-state index contributed by atoms with van der Waals surface area (Å²) in [6.45, 7) is 3.61. The third-order valence-electron chi connectivity index (χ3n) is 4.44. The van der Waals surface area contributed by atoms with E-state index in [9.17, 15) is 19.1 Å². The lowest BCUT2D eigenvalue weighted by atomic mass is 10.0. The minimum atomic E-state index is -1.05. The Morgan fingerprint density at radius 3 is 2.67 bits per heavy atom. The number of hydrogen-bond acceptors (Lipinski definition) is 4. The lowest BCUT2D eigenvalue weighted by Crippen LogP contribution is -2.29. The van der Waals surface area contributed by atoms with E-state index in [1.54, 1.807) is 26.0 Å². The molecule has 1 atom stereocenters. The van der Waals surface area contributed by atoms with E-state index in [2.05, 4.69) is 5.32 Å². The molecule has 1 aromatic heterocycles. The summed E-state index contributed by atoms with van der Waals surface area (Å²) in [7, 11) is 0. The first-order valence-electron chi connectivity index (χ1n) is 9.35. The van der Waals surface area contributed by atoms with Gasteiger partial charge in [-0.15, -0.1) is 0 Å². The number of ether oxygens (including phenoxy) is 1. The van der Waals surface area contributed by atoms with Crippen molar-refractivity contribution in [1.29, 1.82) is 0 Å². The van der Waals surface area contributed by atoms with Gasteiger partial charge in [-0.3, -0.25) is 4.79 Å². The zero-order valence-corrected chi connectivity index (χ0v) is 17.2. The first-order chi connectivity index (χ1) is 14.2. The van der Waals surface area contributed by atoms with Crippen LogP contribution in [0.3, 0.4) is 0 Å². The molecule has 0 bridgehead atoms. The number of aliphatic carboxylic acids is 1. The van der Waals surface area contributed by atoms with E-state index in [-0.39, 0.29) is 29.7 Å². The summed E-state index contributed by atoms with van der Waals surface area (Å²) in [5.74, 6) is -2.36. The lowest BCUT2D eigenvalue weighted by Gasteiger charge is -2.17. The number of fused-ring (bicyclic) bond motifs is 1. The van der Waals surface area contributed by atoms with Gasteiger partial charge in [0.05, 0.1) is 17.9 Å². The summed E-state index contributed by atoms with van der Waals surface area (Å²) in [6, 6.07) is 9.15. The Labute approximate surface area is 177 Å². The van der Waals surface area contributed by atoms with Crippen LogP contribution in [0.4, 0.5) is 4.39 Å². The van der Waals surface area contributed by atoms with Crippen molar-refractivity contribution >= 4 is 34.4 Å². The zero-order chi connectivity index (χ0) is 21.8. The number of furan rings is 1. The second-order valence-corrected chi connectivity index (χ2v) is 7.55. The second kappa shape index (κ2) is 9.28. The molecule has 158 valence electrons. The maximum Gasteiger partial charge on any atom is 0.333 e. The highest BCUT2D eigenvalue weighted by Crippen LogP contribution is 2.24. The van der Waals surface area contributed by atoms with Crippen molar-refractivity contribution < 1.29 is 28.2 Å². The highest BCUT2D eigenvalue weighted by Gasteiger charge is 2.21. The monoisotopic (exact) mass is 433 g/mol. The first-order valence-corrected chi connectivity index (χ1v) is 9.73. The van der Waals surface area contributed by atoms with Crippen LogP contribution >= 0.6 is 11.6 Å². The molecule has 0 saturated carbocycles. The number of carboxylic acids is 1. The number of rotatable bonds is 8. The minimum absolute atomic E-state index is 0.0710. The lowest BCUT2D eigenvalue weighted by molar-refractivity contribution is -0.153. The smallest absolute Gasteiger partial charge is 0.333 e. The predicted molar refractivity (Wildman–Crippen MR) is 110 cm³/mol. The van der Waals surface area contributed by atoms with Crippen LogP contribution in [0.25, 0.3) is 11.0 Å². The van der Waals surface area contributed by atoms with Crippen molar-refractivity contribution in [1.82, 2.24) is 5.32 Å². The molecule has 2 aromatic carbocycles. The van der Waals surface area contributed by atoms with Crippen LogP contribution in [0.2, 0.25) is 5.02 Å². The van der Waals surface area contributed by atoms with Crippen LogP contribution in [0.1, 0.15) is 35.3 Å². The molecular formula is C22H21ClFNO5. The second-order valence-electron chi connectivity index (χ2n) is 7.12. The molecule has 0 aliphatic carbocycles. The number of amides is 1. The molecule has 0 aliphatic rings. The van der Waals surface area contributed by atoms with E-state index in [1.807, 2.05) is 6.07 Å². The third-order valence-corrected chi connectivity index (χ3v) is 4.67. The summed E-state index contributed by atoms with van der Waals surface area (Å²) in [5, 5.41) is 13.1. The maximum atomic E-state index is 14.0. The van der Waals surface area contributed by atoms with Gasteiger partial charge in [-0.05, 0) is 49.7 Å². The van der Waals surface area contributed by atoms with E-state index in [0.717, 1.165) is 17.0 Å². The highest BCUT2D eigenvalue weighted by atomic mass is 35.5. The van der Waals surface area contributed by atoms with Crippen LogP contribution in [-0.4, -0.2) is 29.2 Å². The molecule has 1 unspecified atom stereocenters. The minimum Gasteiger partial charge on any atom is -0.479 e. The Hall–Kier alpha value is -2.90. The maximum absolute atomic E-state index is 14.0. The van der Waals surface area contributed by atoms with Crippen LogP contribution in [0.15, 0.2) is 47.1 Å². The summed E-state index contributed by atoms with van der Waals surface area (Å²) in [6.07, 6.45) is 0.427. The van der Waals surface area contributed by atoms with E-state index in [0.29, 0.717) is 11.1 Å². The number of carbonyl (C=O) groups is 2. The number of carboxylic acid groups (broad SMARTS) is 1. The van der Waals surface area contributed by atoms with E-state index in [1.165, 1.54) is 18.4 Å². The fraction of sp³-hybridized carbons (Fsp3) is 0.273. The number of hydrogen-bond donors (Lipinski definition) is 2. The van der Waals surface area contributed by atoms with Crippen molar-refractivity contribution in [3.8, 4) is 0 Å². The molecule has 0 spiro atoms. The van der Waals surface area contributed by atoms with Gasteiger partial charge in [0.15, 0.2) is 6.10 Å². The highest BCUT2D eigenvalue weighted by molar-refractivity contribution is 6.30. The third kappa shape index (κ3) is 5.17. The SMILES string of the molecule is CC(C)OC(Cc1cc(CNC(=O)c2ccc(Cl)cc2F)c2occc2c1)C(=O)O. The van der Waals surface area contributed by atoms with Gasteiger partial charge in [0, 0.05) is 28.9 Å². The normalized spacial score (nSPS) is 12.3. The molecule has 0 aliphatic heterocycles. The van der Waals surface area contributed by atoms with Gasteiger partial charge >= 0.3 is 5.97 Å². The largest absolute Gasteiger partial charge is 0.479 e. The summed E-state index contributed by atoms with van der Waals surface area (Å²) in [5.41, 5.74) is 1.80. The molecule has 0 radical (unpaired) electrons. The molecule has 1 amide bonds. The summed E-state index contributed by atoms with van der Waals surface area (Å²) >= 11 is 5.72. The molecular weight excluding hydrogens is 413 g/mol.